The maximum absolute atomic E-state index is 5.92. The molecule has 2 atom stereocenters. The Morgan fingerprint density at radius 3 is 2.43 bits per heavy atom. The molecule has 0 bridgehead atoms. The molecule has 1 aliphatic heterocycles. The molecule has 3 heterocycles. The minimum Gasteiger partial charge on any atom is -0.495 e. The van der Waals surface area contributed by atoms with Crippen LogP contribution in [0.15, 0.2) is 72.9 Å². The van der Waals surface area contributed by atoms with Crippen LogP contribution >= 0.6 is 12.2 Å². The standard InChI is InChI=1S/C29H30N4OS/c1-18-13-14-19(2)25(16-18)32-20(3)17-22(21(32)4)28-27(23-10-8-9-15-30-23)31-29(35)33(28)24-11-6-7-12-26(24)34-5/h6-17,27-28H,1-5H3,(H,31,35)/t27-,28+/m0/s1. The van der Waals surface area contributed by atoms with Crippen LogP contribution in [0.3, 0.4) is 0 Å². The van der Waals surface area contributed by atoms with Crippen molar-refractivity contribution in [1.82, 2.24) is 14.9 Å². The maximum Gasteiger partial charge on any atom is 0.174 e. The van der Waals surface area contributed by atoms with Crippen molar-refractivity contribution in [3.8, 4) is 11.4 Å². The Bertz CT molecular complexity index is 1400. The number of methoxy groups -OCH3 is 1. The van der Waals surface area contributed by atoms with Gasteiger partial charge in [-0.15, -0.1) is 0 Å². The molecule has 1 aliphatic rings. The highest BCUT2D eigenvalue weighted by Crippen LogP contribution is 2.46. The van der Waals surface area contributed by atoms with Crippen LogP contribution in [0.5, 0.6) is 5.75 Å². The zero-order chi connectivity index (χ0) is 24.7. The minimum atomic E-state index is -0.110. The van der Waals surface area contributed by atoms with Crippen LogP contribution in [0.25, 0.3) is 5.69 Å². The molecule has 5 nitrogen and oxygen atoms in total. The summed E-state index contributed by atoms with van der Waals surface area (Å²) in [6.07, 6.45) is 1.84. The average Bonchev–Trinajstić information content (AvgIpc) is 3.36. The normalized spacial score (nSPS) is 17.5. The SMILES string of the molecule is COc1ccccc1N1C(=S)N[C@@H](c2ccccn2)[C@H]1c1cc(C)n(-c2cc(C)ccc2C)c1C. The van der Waals surface area contributed by atoms with Gasteiger partial charge in [0, 0.05) is 23.3 Å². The van der Waals surface area contributed by atoms with Crippen LogP contribution in [-0.4, -0.2) is 21.8 Å². The monoisotopic (exact) mass is 482 g/mol. The fourth-order valence-corrected chi connectivity index (χ4v) is 5.52. The van der Waals surface area contributed by atoms with Crippen LogP contribution in [0, 0.1) is 27.7 Å². The predicted octanol–water partition coefficient (Wildman–Crippen LogP) is 6.29. The van der Waals surface area contributed by atoms with Gasteiger partial charge in [-0.25, -0.2) is 0 Å². The fourth-order valence-electron chi connectivity index (χ4n) is 5.18. The lowest BCUT2D eigenvalue weighted by Gasteiger charge is -2.29. The first-order valence-corrected chi connectivity index (χ1v) is 12.2. The number of pyridine rings is 1. The highest BCUT2D eigenvalue weighted by atomic mass is 32.1. The smallest absolute Gasteiger partial charge is 0.174 e. The maximum atomic E-state index is 5.92. The summed E-state index contributed by atoms with van der Waals surface area (Å²) in [6.45, 7) is 8.67. The third-order valence-electron chi connectivity index (χ3n) is 6.84. The first-order valence-electron chi connectivity index (χ1n) is 11.8. The van der Waals surface area contributed by atoms with E-state index in [4.69, 9.17) is 21.9 Å². The number of aryl methyl sites for hydroxylation is 3. The molecule has 5 rings (SSSR count). The largest absolute Gasteiger partial charge is 0.495 e. The predicted molar refractivity (Wildman–Crippen MR) is 146 cm³/mol. The second-order valence-electron chi connectivity index (χ2n) is 9.12. The number of aromatic nitrogens is 2. The zero-order valence-corrected chi connectivity index (χ0v) is 21.6. The van der Waals surface area contributed by atoms with E-state index < -0.39 is 0 Å². The molecule has 0 unspecified atom stereocenters. The van der Waals surface area contributed by atoms with Gasteiger partial charge in [0.2, 0.25) is 0 Å². The van der Waals surface area contributed by atoms with Gasteiger partial charge in [-0.2, -0.15) is 0 Å². The molecule has 0 spiro atoms. The molecule has 178 valence electrons. The summed E-state index contributed by atoms with van der Waals surface area (Å²) >= 11 is 5.92. The summed E-state index contributed by atoms with van der Waals surface area (Å²) in [5, 5.41) is 4.22. The summed E-state index contributed by atoms with van der Waals surface area (Å²) in [5.41, 5.74) is 9.16. The van der Waals surface area contributed by atoms with Crippen molar-refractivity contribution in [3.63, 3.8) is 0 Å². The Labute approximate surface area is 212 Å². The molecule has 0 aliphatic carbocycles. The average molecular weight is 483 g/mol. The van der Waals surface area contributed by atoms with Crippen molar-refractivity contribution in [1.29, 1.82) is 0 Å². The molecule has 35 heavy (non-hydrogen) atoms. The molecule has 1 saturated heterocycles. The van der Waals surface area contributed by atoms with Crippen molar-refractivity contribution in [2.24, 2.45) is 0 Å². The van der Waals surface area contributed by atoms with E-state index in [1.807, 2.05) is 36.5 Å². The van der Waals surface area contributed by atoms with Gasteiger partial charge in [-0.3, -0.25) is 4.98 Å². The number of nitrogens with zero attached hydrogens (tertiary/aromatic N) is 3. The quantitative estimate of drug-likeness (QED) is 0.339. The van der Waals surface area contributed by atoms with Crippen molar-refractivity contribution in [2.45, 2.75) is 39.8 Å². The number of nitrogens with one attached hydrogen (secondary N) is 1. The lowest BCUT2D eigenvalue weighted by molar-refractivity contribution is 0.414. The van der Waals surface area contributed by atoms with Gasteiger partial charge in [-0.05, 0) is 93.0 Å². The number of benzene rings is 2. The van der Waals surface area contributed by atoms with Crippen molar-refractivity contribution in [3.05, 3.63) is 107 Å². The van der Waals surface area contributed by atoms with Crippen LogP contribution in [-0.2, 0) is 0 Å². The Kier molecular flexibility index (Phi) is 6.07. The number of hydrogen-bond acceptors (Lipinski definition) is 3. The lowest BCUT2D eigenvalue weighted by Crippen LogP contribution is -2.30. The molecule has 0 saturated carbocycles. The number of rotatable bonds is 5. The van der Waals surface area contributed by atoms with Gasteiger partial charge in [-0.1, -0.05) is 30.3 Å². The number of ether oxygens (including phenoxy) is 1. The number of hydrogen-bond donors (Lipinski definition) is 1. The fraction of sp³-hybridized carbons (Fsp3) is 0.241. The highest BCUT2D eigenvalue weighted by molar-refractivity contribution is 7.80. The van der Waals surface area contributed by atoms with Crippen molar-refractivity contribution in [2.75, 3.05) is 12.0 Å². The van der Waals surface area contributed by atoms with Gasteiger partial charge in [0.25, 0.3) is 0 Å². The first kappa shape index (κ1) is 23.1. The second-order valence-corrected chi connectivity index (χ2v) is 9.51. The van der Waals surface area contributed by atoms with Gasteiger partial charge >= 0.3 is 0 Å². The molecule has 2 aromatic carbocycles. The zero-order valence-electron chi connectivity index (χ0n) is 20.7. The van der Waals surface area contributed by atoms with Crippen LogP contribution in [0.1, 0.15) is 45.9 Å². The van der Waals surface area contributed by atoms with E-state index in [0.717, 1.165) is 17.1 Å². The Morgan fingerprint density at radius 2 is 1.69 bits per heavy atom. The Balaban J connectivity index is 1.72. The van der Waals surface area contributed by atoms with Crippen LogP contribution in [0.4, 0.5) is 5.69 Å². The summed E-state index contributed by atoms with van der Waals surface area (Å²) in [6, 6.07) is 22.7. The summed E-state index contributed by atoms with van der Waals surface area (Å²) in [4.78, 5) is 6.88. The van der Waals surface area contributed by atoms with Gasteiger partial charge in [0.1, 0.15) is 5.75 Å². The van der Waals surface area contributed by atoms with Crippen molar-refractivity contribution < 1.29 is 4.74 Å². The molecule has 1 N–H and O–H groups in total. The van der Waals surface area contributed by atoms with Gasteiger partial charge in [0.15, 0.2) is 5.11 Å². The molecule has 4 aromatic rings. The molecule has 2 aromatic heterocycles. The molecule has 0 radical (unpaired) electrons. The Hall–Kier alpha value is -3.64. The van der Waals surface area contributed by atoms with Crippen LogP contribution in [0.2, 0.25) is 0 Å². The van der Waals surface area contributed by atoms with E-state index in [-0.39, 0.29) is 12.1 Å². The third-order valence-corrected chi connectivity index (χ3v) is 7.15. The van der Waals surface area contributed by atoms with E-state index in [1.54, 1.807) is 7.11 Å². The molecule has 0 amide bonds. The third kappa shape index (κ3) is 3.98. The number of anilines is 1. The van der Waals surface area contributed by atoms with Gasteiger partial charge < -0.3 is 19.5 Å². The Morgan fingerprint density at radius 1 is 0.914 bits per heavy atom. The topological polar surface area (TPSA) is 42.3 Å². The minimum absolute atomic E-state index is 0.0984. The van der Waals surface area contributed by atoms with E-state index in [0.29, 0.717) is 5.11 Å². The summed E-state index contributed by atoms with van der Waals surface area (Å²) in [5.74, 6) is 0.784. The van der Waals surface area contributed by atoms with E-state index in [2.05, 4.69) is 78.9 Å². The molecule has 6 heteroatoms. The first-order chi connectivity index (χ1) is 16.9. The van der Waals surface area contributed by atoms with Crippen molar-refractivity contribution >= 4 is 23.0 Å². The molecular formula is C29H30N4OS. The highest BCUT2D eigenvalue weighted by Gasteiger charge is 2.43. The second kappa shape index (κ2) is 9.19. The van der Waals surface area contributed by atoms with Gasteiger partial charge in [0.05, 0.1) is 30.6 Å². The molecular weight excluding hydrogens is 452 g/mol. The summed E-state index contributed by atoms with van der Waals surface area (Å²) < 4.78 is 8.09. The number of thiocarbonyl (C=S) groups is 1. The van der Waals surface area contributed by atoms with Crippen LogP contribution < -0.4 is 15.0 Å². The number of para-hydroxylation sites is 2. The van der Waals surface area contributed by atoms with E-state index in [9.17, 15) is 0 Å². The van der Waals surface area contributed by atoms with E-state index in [1.165, 1.54) is 33.8 Å². The molecule has 1 fully saturated rings. The lowest BCUT2D eigenvalue weighted by atomic mass is 9.96. The summed E-state index contributed by atoms with van der Waals surface area (Å²) in [7, 11) is 1.70. The van der Waals surface area contributed by atoms with E-state index >= 15 is 0 Å².